The number of methoxy groups -OCH3 is 1. The molecule has 4 rings (SSSR count). The largest absolute Gasteiger partial charge is 0.383 e. The summed E-state index contributed by atoms with van der Waals surface area (Å²) in [5.74, 6) is 0.892. The summed E-state index contributed by atoms with van der Waals surface area (Å²) in [5.41, 5.74) is 5.28. The number of benzene rings is 1. The lowest BCUT2D eigenvalue weighted by molar-refractivity contribution is -0.117. The molecule has 1 N–H and O–H groups in total. The van der Waals surface area contributed by atoms with E-state index in [1.54, 1.807) is 14.0 Å². The van der Waals surface area contributed by atoms with E-state index in [2.05, 4.69) is 40.5 Å². The van der Waals surface area contributed by atoms with Crippen LogP contribution in [0.5, 0.6) is 0 Å². The van der Waals surface area contributed by atoms with Crippen LogP contribution in [-0.4, -0.2) is 40.4 Å². The van der Waals surface area contributed by atoms with E-state index in [1.165, 1.54) is 0 Å². The molecule has 31 heavy (non-hydrogen) atoms. The third-order valence-electron chi connectivity index (χ3n) is 5.74. The lowest BCUT2D eigenvalue weighted by atomic mass is 9.89. The van der Waals surface area contributed by atoms with Crippen LogP contribution >= 0.6 is 0 Å². The van der Waals surface area contributed by atoms with E-state index in [-0.39, 0.29) is 18.0 Å². The van der Waals surface area contributed by atoms with E-state index in [9.17, 15) is 4.79 Å². The Labute approximate surface area is 183 Å². The Hall–Kier alpha value is -3.19. The Kier molecular flexibility index (Phi) is 6.04. The van der Waals surface area contributed by atoms with E-state index in [0.717, 1.165) is 40.2 Å². The van der Waals surface area contributed by atoms with Gasteiger partial charge in [0.2, 0.25) is 5.91 Å². The summed E-state index contributed by atoms with van der Waals surface area (Å²) in [6, 6.07) is 10.5. The monoisotopic (exact) mass is 419 g/mol. The molecule has 1 aromatic carbocycles. The molecule has 1 aliphatic heterocycles. The van der Waals surface area contributed by atoms with Crippen molar-refractivity contribution in [1.29, 1.82) is 0 Å². The van der Waals surface area contributed by atoms with Crippen LogP contribution in [0.2, 0.25) is 0 Å². The van der Waals surface area contributed by atoms with Gasteiger partial charge < -0.3 is 15.0 Å². The van der Waals surface area contributed by atoms with Crippen molar-refractivity contribution >= 4 is 17.4 Å². The van der Waals surface area contributed by atoms with Crippen molar-refractivity contribution in [3.05, 3.63) is 60.0 Å². The number of aromatic nitrogens is 3. The highest BCUT2D eigenvalue weighted by molar-refractivity contribution is 5.94. The maximum Gasteiger partial charge on any atom is 0.224 e. The Morgan fingerprint density at radius 1 is 1.23 bits per heavy atom. The number of amides is 1. The van der Waals surface area contributed by atoms with Crippen LogP contribution in [-0.2, 0) is 16.1 Å². The summed E-state index contributed by atoms with van der Waals surface area (Å²) < 4.78 is 7.03. The van der Waals surface area contributed by atoms with Crippen LogP contribution in [0.3, 0.4) is 0 Å². The quantitative estimate of drug-likeness (QED) is 0.648. The second kappa shape index (κ2) is 8.89. The third kappa shape index (κ3) is 4.46. The van der Waals surface area contributed by atoms with E-state index < -0.39 is 0 Å². The number of nitrogens with one attached hydrogen (secondary N) is 1. The molecule has 3 heterocycles. The number of pyridine rings is 1. The molecule has 0 bridgehead atoms. The number of carbonyl (C=O) groups excluding carboxylic acids is 1. The van der Waals surface area contributed by atoms with Crippen molar-refractivity contribution in [3.63, 3.8) is 0 Å². The Bertz CT molecular complexity index is 1060. The molecule has 0 fully saturated rings. The molecule has 7 heteroatoms. The second-order valence-electron chi connectivity index (χ2n) is 8.15. The molecule has 1 aliphatic rings. The van der Waals surface area contributed by atoms with Gasteiger partial charge in [-0.05, 0) is 55.2 Å². The molecule has 0 radical (unpaired) electrons. The highest BCUT2D eigenvalue weighted by atomic mass is 16.5. The number of rotatable bonds is 6. The van der Waals surface area contributed by atoms with Gasteiger partial charge in [-0.3, -0.25) is 9.48 Å². The molecule has 0 aliphatic carbocycles. The topological polar surface area (TPSA) is 72.3 Å². The molecular formula is C24H29N5O2. The van der Waals surface area contributed by atoms with E-state index >= 15 is 0 Å². The van der Waals surface area contributed by atoms with Gasteiger partial charge in [-0.1, -0.05) is 12.1 Å². The Balaban J connectivity index is 1.70. The zero-order valence-corrected chi connectivity index (χ0v) is 18.5. The summed E-state index contributed by atoms with van der Waals surface area (Å²) >= 11 is 0. The van der Waals surface area contributed by atoms with Crippen LogP contribution in [0.4, 0.5) is 11.5 Å². The van der Waals surface area contributed by atoms with E-state index in [4.69, 9.17) is 4.74 Å². The van der Waals surface area contributed by atoms with Gasteiger partial charge in [0.05, 0.1) is 25.4 Å². The molecule has 3 aromatic rings. The third-order valence-corrected chi connectivity index (χ3v) is 5.74. The van der Waals surface area contributed by atoms with Crippen molar-refractivity contribution in [2.75, 3.05) is 23.9 Å². The molecule has 2 aromatic heterocycles. The predicted octanol–water partition coefficient (Wildman–Crippen LogP) is 4.20. The Morgan fingerprint density at radius 2 is 2.06 bits per heavy atom. The molecule has 0 spiro atoms. The lowest BCUT2D eigenvalue weighted by Crippen LogP contribution is -2.43. The lowest BCUT2D eigenvalue weighted by Gasteiger charge is -2.39. The van der Waals surface area contributed by atoms with Gasteiger partial charge in [-0.25, -0.2) is 4.98 Å². The molecular weight excluding hydrogens is 390 g/mol. The number of hydrogen-bond donors (Lipinski definition) is 1. The average molecular weight is 420 g/mol. The fourth-order valence-electron chi connectivity index (χ4n) is 4.21. The molecule has 7 nitrogen and oxygen atoms in total. The molecule has 0 saturated carbocycles. The van der Waals surface area contributed by atoms with Crippen LogP contribution in [0.1, 0.15) is 37.4 Å². The Morgan fingerprint density at radius 3 is 2.77 bits per heavy atom. The van der Waals surface area contributed by atoms with Crippen molar-refractivity contribution in [1.82, 2.24) is 14.8 Å². The summed E-state index contributed by atoms with van der Waals surface area (Å²) in [7, 11) is 1.69. The van der Waals surface area contributed by atoms with Crippen LogP contribution in [0.25, 0.3) is 11.1 Å². The van der Waals surface area contributed by atoms with Gasteiger partial charge in [0.25, 0.3) is 0 Å². The minimum absolute atomic E-state index is 0.0549. The average Bonchev–Trinajstić information content (AvgIpc) is 3.22. The molecule has 2 atom stereocenters. The van der Waals surface area contributed by atoms with Gasteiger partial charge in [0, 0.05) is 43.7 Å². The van der Waals surface area contributed by atoms with Crippen molar-refractivity contribution < 1.29 is 9.53 Å². The van der Waals surface area contributed by atoms with Gasteiger partial charge in [0.1, 0.15) is 5.82 Å². The smallest absolute Gasteiger partial charge is 0.224 e. The van der Waals surface area contributed by atoms with Gasteiger partial charge in [-0.2, -0.15) is 5.10 Å². The maximum atomic E-state index is 12.4. The molecule has 1 amide bonds. The normalized spacial score (nSPS) is 18.0. The zero-order valence-electron chi connectivity index (χ0n) is 18.5. The molecule has 0 saturated heterocycles. The van der Waals surface area contributed by atoms with E-state index in [0.29, 0.717) is 13.2 Å². The van der Waals surface area contributed by atoms with Crippen molar-refractivity contribution in [2.45, 2.75) is 45.8 Å². The fraction of sp³-hybridized carbons (Fsp3) is 0.375. The number of ether oxygens (including phenoxy) is 1. The fourth-order valence-corrected chi connectivity index (χ4v) is 4.21. The van der Waals surface area contributed by atoms with Crippen molar-refractivity contribution in [2.24, 2.45) is 0 Å². The minimum Gasteiger partial charge on any atom is -0.383 e. The number of fused-ring (bicyclic) bond motifs is 1. The SMILES string of the molecule is COCCn1cc(-c2ccc3c(c2)C(Nc2ccc(C)cn2)CC(C)N3C(C)=O)cn1. The van der Waals surface area contributed by atoms with Gasteiger partial charge >= 0.3 is 0 Å². The zero-order chi connectivity index (χ0) is 22.0. The first-order valence-corrected chi connectivity index (χ1v) is 10.6. The molecule has 2 unspecified atom stereocenters. The second-order valence-corrected chi connectivity index (χ2v) is 8.15. The summed E-state index contributed by atoms with van der Waals surface area (Å²) in [4.78, 5) is 18.8. The van der Waals surface area contributed by atoms with Gasteiger partial charge in [-0.15, -0.1) is 0 Å². The molecule has 162 valence electrons. The van der Waals surface area contributed by atoms with Gasteiger partial charge in [0.15, 0.2) is 0 Å². The predicted molar refractivity (Wildman–Crippen MR) is 122 cm³/mol. The highest BCUT2D eigenvalue weighted by Gasteiger charge is 2.32. The van der Waals surface area contributed by atoms with Crippen LogP contribution in [0.15, 0.2) is 48.9 Å². The number of anilines is 2. The van der Waals surface area contributed by atoms with Crippen LogP contribution < -0.4 is 10.2 Å². The minimum atomic E-state index is 0.0549. The van der Waals surface area contributed by atoms with Crippen LogP contribution in [0, 0.1) is 6.92 Å². The standard InChI is InChI=1S/C24H29N5O2/c1-16-5-8-24(25-13-16)27-22-11-17(2)29(18(3)30)23-7-6-19(12-21(22)23)20-14-26-28(15-20)9-10-31-4/h5-8,12-15,17,22H,9-11H2,1-4H3,(H,25,27). The number of carbonyl (C=O) groups is 1. The highest BCUT2D eigenvalue weighted by Crippen LogP contribution is 2.40. The number of nitrogens with zero attached hydrogens (tertiary/aromatic N) is 4. The first-order chi connectivity index (χ1) is 15.0. The summed E-state index contributed by atoms with van der Waals surface area (Å²) in [6.45, 7) is 7.07. The first-order valence-electron chi connectivity index (χ1n) is 10.6. The summed E-state index contributed by atoms with van der Waals surface area (Å²) in [6.07, 6.45) is 6.56. The van der Waals surface area contributed by atoms with E-state index in [1.807, 2.05) is 47.2 Å². The summed E-state index contributed by atoms with van der Waals surface area (Å²) in [5, 5.41) is 8.02. The first kappa shape index (κ1) is 21.1. The maximum absolute atomic E-state index is 12.4. The number of hydrogen-bond acceptors (Lipinski definition) is 5. The van der Waals surface area contributed by atoms with Crippen molar-refractivity contribution in [3.8, 4) is 11.1 Å². The number of aryl methyl sites for hydroxylation is 1.